The maximum atomic E-state index is 13.4. The molecule has 1 aromatic carbocycles. The third-order valence-electron chi connectivity index (χ3n) is 7.54. The van der Waals surface area contributed by atoms with Gasteiger partial charge in [0.2, 0.25) is 0 Å². The molecule has 2 aliphatic rings. The Morgan fingerprint density at radius 1 is 1.11 bits per heavy atom. The standard InChI is InChI=1S/C29H35N5O3/c1-20-26(17-21-4-3-5-23(16-21)22-6-11-30-12-7-22)31-19-32-28(20)29(35)34-13-8-24(9-14-34)33-25-10-15-37-18-27(25)36-2/h3-7,11-12,16,19,24-25,27,33H,8-10,13-15,17-18H2,1-2H3. The molecule has 0 spiro atoms. The summed E-state index contributed by atoms with van der Waals surface area (Å²) in [6.07, 6.45) is 8.63. The second kappa shape index (κ2) is 11.9. The van der Waals surface area contributed by atoms with Gasteiger partial charge in [0, 0.05) is 63.3 Å². The second-order valence-corrected chi connectivity index (χ2v) is 9.88. The van der Waals surface area contributed by atoms with E-state index in [0.29, 0.717) is 43.9 Å². The summed E-state index contributed by atoms with van der Waals surface area (Å²) in [5.41, 5.74) is 5.64. The summed E-state index contributed by atoms with van der Waals surface area (Å²) in [5.74, 6) is -0.00836. The molecule has 1 N–H and O–H groups in total. The molecule has 2 saturated heterocycles. The minimum absolute atomic E-state index is 0.00836. The molecule has 0 radical (unpaired) electrons. The summed E-state index contributed by atoms with van der Waals surface area (Å²) in [7, 11) is 1.74. The van der Waals surface area contributed by atoms with E-state index in [1.54, 1.807) is 19.5 Å². The number of nitrogens with one attached hydrogen (secondary N) is 1. The lowest BCUT2D eigenvalue weighted by Crippen LogP contribution is -2.54. The summed E-state index contributed by atoms with van der Waals surface area (Å²) in [5, 5.41) is 3.75. The van der Waals surface area contributed by atoms with E-state index in [1.165, 1.54) is 6.33 Å². The predicted octanol–water partition coefficient (Wildman–Crippen LogP) is 3.44. The molecule has 4 heterocycles. The number of carbonyl (C=O) groups is 1. The predicted molar refractivity (Wildman–Crippen MR) is 141 cm³/mol. The van der Waals surface area contributed by atoms with Crippen molar-refractivity contribution < 1.29 is 14.3 Å². The minimum atomic E-state index is -0.00836. The van der Waals surface area contributed by atoms with E-state index in [0.717, 1.165) is 53.8 Å². The van der Waals surface area contributed by atoms with Gasteiger partial charge in [-0.2, -0.15) is 0 Å². The van der Waals surface area contributed by atoms with Crippen molar-refractivity contribution in [2.45, 2.75) is 50.8 Å². The molecule has 2 fully saturated rings. The number of likely N-dealkylation sites (tertiary alicyclic amines) is 1. The number of nitrogens with zero attached hydrogens (tertiary/aromatic N) is 4. The zero-order valence-corrected chi connectivity index (χ0v) is 21.6. The van der Waals surface area contributed by atoms with Crippen molar-refractivity contribution in [3.05, 3.63) is 77.6 Å². The normalized spacial score (nSPS) is 20.6. The lowest BCUT2D eigenvalue weighted by atomic mass is 9.98. The molecule has 5 rings (SSSR count). The van der Waals surface area contributed by atoms with Crippen molar-refractivity contribution in [2.24, 2.45) is 0 Å². The summed E-state index contributed by atoms with van der Waals surface area (Å²) in [6, 6.07) is 13.1. The molecule has 194 valence electrons. The molecule has 37 heavy (non-hydrogen) atoms. The maximum absolute atomic E-state index is 13.4. The SMILES string of the molecule is COC1COCCC1NC1CCN(C(=O)c2ncnc(Cc3cccc(-c4ccncc4)c3)c2C)CC1. The van der Waals surface area contributed by atoms with Crippen molar-refractivity contribution in [3.8, 4) is 11.1 Å². The smallest absolute Gasteiger partial charge is 0.272 e. The zero-order chi connectivity index (χ0) is 25.6. The first kappa shape index (κ1) is 25.4. The van der Waals surface area contributed by atoms with Crippen LogP contribution in [-0.2, 0) is 15.9 Å². The van der Waals surface area contributed by atoms with Crippen LogP contribution in [0.15, 0.2) is 55.1 Å². The van der Waals surface area contributed by atoms with Crippen LogP contribution in [0.3, 0.4) is 0 Å². The number of pyridine rings is 1. The monoisotopic (exact) mass is 501 g/mol. The van der Waals surface area contributed by atoms with E-state index >= 15 is 0 Å². The number of hydrogen-bond donors (Lipinski definition) is 1. The topological polar surface area (TPSA) is 89.5 Å². The highest BCUT2D eigenvalue weighted by atomic mass is 16.5. The fourth-order valence-corrected chi connectivity index (χ4v) is 5.32. The van der Waals surface area contributed by atoms with Gasteiger partial charge >= 0.3 is 0 Å². The number of ether oxygens (including phenoxy) is 2. The maximum Gasteiger partial charge on any atom is 0.272 e. The molecule has 8 heteroatoms. The highest BCUT2D eigenvalue weighted by Crippen LogP contribution is 2.23. The first-order valence-electron chi connectivity index (χ1n) is 13.1. The van der Waals surface area contributed by atoms with Gasteiger partial charge in [-0.25, -0.2) is 9.97 Å². The number of benzene rings is 1. The minimum Gasteiger partial charge on any atom is -0.379 e. The number of hydrogen-bond acceptors (Lipinski definition) is 7. The number of aromatic nitrogens is 3. The van der Waals surface area contributed by atoms with Crippen molar-refractivity contribution >= 4 is 5.91 Å². The van der Waals surface area contributed by atoms with Crippen molar-refractivity contribution in [1.29, 1.82) is 0 Å². The van der Waals surface area contributed by atoms with E-state index in [-0.39, 0.29) is 12.0 Å². The molecular weight excluding hydrogens is 466 g/mol. The number of rotatable bonds is 7. The third kappa shape index (κ3) is 6.04. The van der Waals surface area contributed by atoms with Gasteiger partial charge in [-0.15, -0.1) is 0 Å². The summed E-state index contributed by atoms with van der Waals surface area (Å²) >= 11 is 0. The van der Waals surface area contributed by atoms with Crippen LogP contribution in [0.4, 0.5) is 0 Å². The molecule has 0 aliphatic carbocycles. The van der Waals surface area contributed by atoms with Crippen LogP contribution >= 0.6 is 0 Å². The molecule has 2 aliphatic heterocycles. The van der Waals surface area contributed by atoms with E-state index in [4.69, 9.17) is 9.47 Å². The van der Waals surface area contributed by atoms with Crippen LogP contribution in [-0.4, -0.2) is 77.4 Å². The quantitative estimate of drug-likeness (QED) is 0.531. The Morgan fingerprint density at radius 2 is 1.92 bits per heavy atom. The van der Waals surface area contributed by atoms with Gasteiger partial charge in [0.1, 0.15) is 12.0 Å². The van der Waals surface area contributed by atoms with Crippen molar-refractivity contribution in [3.63, 3.8) is 0 Å². The molecule has 0 bridgehead atoms. The van der Waals surface area contributed by atoms with E-state index in [1.807, 2.05) is 24.0 Å². The number of carbonyl (C=O) groups excluding carboxylic acids is 1. The van der Waals surface area contributed by atoms with Gasteiger partial charge in [0.15, 0.2) is 0 Å². The van der Waals surface area contributed by atoms with Crippen LogP contribution in [0.2, 0.25) is 0 Å². The van der Waals surface area contributed by atoms with Gasteiger partial charge in [-0.3, -0.25) is 9.78 Å². The van der Waals surface area contributed by atoms with Crippen LogP contribution in [0.25, 0.3) is 11.1 Å². The summed E-state index contributed by atoms with van der Waals surface area (Å²) in [4.78, 5) is 28.4. The Bertz CT molecular complexity index is 1200. The van der Waals surface area contributed by atoms with Gasteiger partial charge < -0.3 is 19.7 Å². The van der Waals surface area contributed by atoms with Gasteiger partial charge in [-0.1, -0.05) is 24.3 Å². The molecule has 0 saturated carbocycles. The fourth-order valence-electron chi connectivity index (χ4n) is 5.32. The lowest BCUT2D eigenvalue weighted by molar-refractivity contribution is -0.0533. The molecule has 2 aromatic heterocycles. The Balaban J connectivity index is 1.22. The first-order valence-corrected chi connectivity index (χ1v) is 13.1. The molecule has 3 aromatic rings. The highest BCUT2D eigenvalue weighted by Gasteiger charge is 2.31. The van der Waals surface area contributed by atoms with Crippen LogP contribution < -0.4 is 5.32 Å². The number of methoxy groups -OCH3 is 1. The molecule has 1 amide bonds. The largest absolute Gasteiger partial charge is 0.379 e. The van der Waals surface area contributed by atoms with Gasteiger partial charge in [0.05, 0.1) is 18.4 Å². The van der Waals surface area contributed by atoms with E-state index in [2.05, 4.69) is 44.5 Å². The first-order chi connectivity index (χ1) is 18.1. The van der Waals surface area contributed by atoms with Crippen LogP contribution in [0, 0.1) is 6.92 Å². The van der Waals surface area contributed by atoms with E-state index in [9.17, 15) is 4.79 Å². The lowest BCUT2D eigenvalue weighted by Gasteiger charge is -2.38. The van der Waals surface area contributed by atoms with Crippen LogP contribution in [0.5, 0.6) is 0 Å². The summed E-state index contributed by atoms with van der Waals surface area (Å²) in [6.45, 7) is 4.78. The van der Waals surface area contributed by atoms with Crippen molar-refractivity contribution in [2.75, 3.05) is 33.4 Å². The van der Waals surface area contributed by atoms with Crippen LogP contribution in [0.1, 0.15) is 46.6 Å². The van der Waals surface area contributed by atoms with E-state index < -0.39 is 0 Å². The Hall–Kier alpha value is -3.20. The zero-order valence-electron chi connectivity index (χ0n) is 21.6. The fraction of sp³-hybridized carbons (Fsp3) is 0.448. The molecule has 2 atom stereocenters. The Morgan fingerprint density at radius 3 is 2.70 bits per heavy atom. The number of amides is 1. The van der Waals surface area contributed by atoms with Crippen molar-refractivity contribution in [1.82, 2.24) is 25.2 Å². The summed E-state index contributed by atoms with van der Waals surface area (Å²) < 4.78 is 11.1. The highest BCUT2D eigenvalue weighted by molar-refractivity contribution is 5.93. The average Bonchev–Trinajstić information content (AvgIpc) is 2.95. The van der Waals surface area contributed by atoms with Gasteiger partial charge in [-0.05, 0) is 55.0 Å². The molecular formula is C29H35N5O3. The molecule has 2 unspecified atom stereocenters. The number of piperidine rings is 1. The third-order valence-corrected chi connectivity index (χ3v) is 7.54. The molecule has 8 nitrogen and oxygen atoms in total. The Labute approximate surface area is 218 Å². The average molecular weight is 502 g/mol. The second-order valence-electron chi connectivity index (χ2n) is 9.88. The Kier molecular flexibility index (Phi) is 8.18. The van der Waals surface area contributed by atoms with Gasteiger partial charge in [0.25, 0.3) is 5.91 Å².